The summed E-state index contributed by atoms with van der Waals surface area (Å²) in [7, 11) is 0. The van der Waals surface area contributed by atoms with Crippen LogP contribution in [0.25, 0.3) is 0 Å². The van der Waals surface area contributed by atoms with Gasteiger partial charge in [-0.3, -0.25) is 29.3 Å². The number of non-ortho nitro benzene ring substituents is 1. The molecular formula is C30H20BrN3O6. The highest BCUT2D eigenvalue weighted by Gasteiger charge is 2.63. The molecule has 0 radical (unpaired) electrons. The van der Waals surface area contributed by atoms with E-state index >= 15 is 0 Å². The summed E-state index contributed by atoms with van der Waals surface area (Å²) in [5.41, 5.74) is 1.22. The minimum Gasteiger partial charge on any atom is -0.359 e. The van der Waals surface area contributed by atoms with E-state index in [-0.39, 0.29) is 22.9 Å². The number of hydrogen-bond acceptors (Lipinski definition) is 7. The maximum absolute atomic E-state index is 13.9. The monoisotopic (exact) mass is 597 g/mol. The molecule has 10 heteroatoms. The average molecular weight is 598 g/mol. The number of imide groups is 1. The van der Waals surface area contributed by atoms with Crippen molar-refractivity contribution in [1.82, 2.24) is 4.90 Å². The molecule has 0 unspecified atom stereocenters. The van der Waals surface area contributed by atoms with Crippen LogP contribution in [-0.2, 0) is 9.59 Å². The van der Waals surface area contributed by atoms with E-state index in [1.54, 1.807) is 77.8 Å². The first kappa shape index (κ1) is 25.6. The molecule has 0 aliphatic carbocycles. The van der Waals surface area contributed by atoms with E-state index in [0.717, 1.165) is 9.37 Å². The van der Waals surface area contributed by atoms with Gasteiger partial charge in [0.25, 0.3) is 5.69 Å². The first-order valence-corrected chi connectivity index (χ1v) is 13.2. The lowest BCUT2D eigenvalue weighted by molar-refractivity contribution is -0.384. The summed E-state index contributed by atoms with van der Waals surface area (Å²) in [5, 5.41) is 11.1. The number of halogens is 1. The Morgan fingerprint density at radius 1 is 0.825 bits per heavy atom. The zero-order valence-electron chi connectivity index (χ0n) is 20.7. The lowest BCUT2D eigenvalue weighted by Crippen LogP contribution is -2.46. The van der Waals surface area contributed by atoms with E-state index in [4.69, 9.17) is 0 Å². The summed E-state index contributed by atoms with van der Waals surface area (Å²) in [6.07, 6.45) is 4.89. The number of hydrogen-bond donors (Lipinski definition) is 0. The maximum Gasteiger partial charge on any atom is 0.269 e. The molecular weight excluding hydrogens is 578 g/mol. The molecule has 2 amide bonds. The summed E-state index contributed by atoms with van der Waals surface area (Å²) in [5.74, 6) is -3.60. The standard InChI is InChI=1S/C30H20BrN3O6/c31-20-8-6-18(7-9-20)28(36)26-25-24(29(37)33(30(25)38)21-10-12-22(13-11-21)34(39)40)23-16-19(14-15-32(23)26)27(35)17-4-2-1-3-5-17/h1-16,23-26H/t23-,24+,25-,26+/m1/s1. The van der Waals surface area contributed by atoms with Crippen LogP contribution in [0.2, 0.25) is 0 Å². The zero-order chi connectivity index (χ0) is 28.1. The number of Topliss-reactive ketones (excluding diaryl/α,β-unsaturated/α-hetero) is 2. The van der Waals surface area contributed by atoms with Gasteiger partial charge in [-0.15, -0.1) is 0 Å². The highest BCUT2D eigenvalue weighted by Crippen LogP contribution is 2.47. The molecule has 3 aromatic carbocycles. The van der Waals surface area contributed by atoms with Crippen molar-refractivity contribution < 1.29 is 24.1 Å². The Balaban J connectivity index is 1.42. The van der Waals surface area contributed by atoms with Crippen molar-refractivity contribution in [2.24, 2.45) is 11.8 Å². The predicted molar refractivity (Wildman–Crippen MR) is 148 cm³/mol. The fourth-order valence-electron chi connectivity index (χ4n) is 5.72. The number of amides is 2. The number of fused-ring (bicyclic) bond motifs is 3. The molecule has 2 saturated heterocycles. The van der Waals surface area contributed by atoms with Crippen molar-refractivity contribution >= 4 is 50.7 Å². The van der Waals surface area contributed by atoms with Crippen LogP contribution in [0, 0.1) is 22.0 Å². The van der Waals surface area contributed by atoms with Crippen LogP contribution in [0.15, 0.2) is 107 Å². The summed E-state index contributed by atoms with van der Waals surface area (Å²) in [4.78, 5) is 68.1. The number of nitro benzene ring substituents is 1. The molecule has 3 aliphatic rings. The molecule has 0 aromatic heterocycles. The van der Waals surface area contributed by atoms with Gasteiger partial charge in [-0.2, -0.15) is 0 Å². The van der Waals surface area contributed by atoms with Crippen LogP contribution in [0.3, 0.4) is 0 Å². The second-order valence-electron chi connectivity index (χ2n) is 9.72. The van der Waals surface area contributed by atoms with Crippen molar-refractivity contribution in [3.8, 4) is 0 Å². The van der Waals surface area contributed by atoms with Crippen molar-refractivity contribution in [2.75, 3.05) is 4.90 Å². The van der Waals surface area contributed by atoms with Gasteiger partial charge in [0.2, 0.25) is 11.8 Å². The van der Waals surface area contributed by atoms with Gasteiger partial charge < -0.3 is 4.90 Å². The molecule has 9 nitrogen and oxygen atoms in total. The fourth-order valence-corrected chi connectivity index (χ4v) is 5.98. The normalized spacial score (nSPS) is 23.1. The second kappa shape index (κ2) is 9.80. The molecule has 3 aliphatic heterocycles. The Bertz CT molecular complexity index is 1630. The number of allylic oxidation sites excluding steroid dienone is 2. The van der Waals surface area contributed by atoms with E-state index in [1.165, 1.54) is 24.3 Å². The first-order valence-electron chi connectivity index (χ1n) is 12.5. The third kappa shape index (κ3) is 4.08. The van der Waals surface area contributed by atoms with E-state index in [1.807, 2.05) is 0 Å². The molecule has 4 atom stereocenters. The highest BCUT2D eigenvalue weighted by molar-refractivity contribution is 9.10. The van der Waals surface area contributed by atoms with Crippen LogP contribution >= 0.6 is 15.9 Å². The van der Waals surface area contributed by atoms with Gasteiger partial charge in [0.1, 0.15) is 6.04 Å². The smallest absolute Gasteiger partial charge is 0.269 e. The maximum atomic E-state index is 13.9. The van der Waals surface area contributed by atoms with Gasteiger partial charge >= 0.3 is 0 Å². The molecule has 0 N–H and O–H groups in total. The topological polar surface area (TPSA) is 118 Å². The third-order valence-corrected chi connectivity index (χ3v) is 8.09. The van der Waals surface area contributed by atoms with E-state index in [2.05, 4.69) is 15.9 Å². The van der Waals surface area contributed by atoms with Crippen LogP contribution in [0.5, 0.6) is 0 Å². The number of ketones is 2. The van der Waals surface area contributed by atoms with Crippen LogP contribution in [-0.4, -0.2) is 45.3 Å². The van der Waals surface area contributed by atoms with Crippen molar-refractivity contribution in [3.05, 3.63) is 129 Å². The van der Waals surface area contributed by atoms with E-state index in [0.29, 0.717) is 16.7 Å². The molecule has 0 saturated carbocycles. The number of carbonyl (C=O) groups excluding carboxylic acids is 4. The molecule has 198 valence electrons. The molecule has 0 bridgehead atoms. The Morgan fingerprint density at radius 3 is 2.12 bits per heavy atom. The lowest BCUT2D eigenvalue weighted by atomic mass is 9.85. The number of nitro groups is 1. The zero-order valence-corrected chi connectivity index (χ0v) is 22.3. The molecule has 2 fully saturated rings. The summed E-state index contributed by atoms with van der Waals surface area (Å²) < 4.78 is 0.785. The number of nitrogens with zero attached hydrogens (tertiary/aromatic N) is 3. The number of carbonyl (C=O) groups is 4. The highest BCUT2D eigenvalue weighted by atomic mass is 79.9. The fraction of sp³-hybridized carbons (Fsp3) is 0.133. The van der Waals surface area contributed by atoms with Gasteiger partial charge in [0, 0.05) is 39.5 Å². The Hall–Kier alpha value is -4.70. The average Bonchev–Trinajstić information content (AvgIpc) is 3.44. The Labute approximate surface area is 236 Å². The van der Waals surface area contributed by atoms with Crippen molar-refractivity contribution in [1.29, 1.82) is 0 Å². The second-order valence-corrected chi connectivity index (χ2v) is 10.6. The number of benzene rings is 3. The molecule has 3 aromatic rings. The van der Waals surface area contributed by atoms with Gasteiger partial charge in [-0.25, -0.2) is 4.90 Å². The summed E-state index contributed by atoms with van der Waals surface area (Å²) >= 11 is 3.36. The van der Waals surface area contributed by atoms with Crippen molar-refractivity contribution in [3.63, 3.8) is 0 Å². The SMILES string of the molecule is O=C(C1=C[C@@H]2[C@@H]3C(=O)N(c4ccc([N+](=O)[O-])cc4)C(=O)[C@H]3[C@@H](C(=O)c3ccc(Br)cc3)N2C=C1)c1ccccc1. The van der Waals surface area contributed by atoms with Gasteiger partial charge in [0.15, 0.2) is 11.6 Å². The Morgan fingerprint density at radius 2 is 1.48 bits per heavy atom. The van der Waals surface area contributed by atoms with Gasteiger partial charge in [0.05, 0.1) is 28.5 Å². The largest absolute Gasteiger partial charge is 0.359 e. The first-order chi connectivity index (χ1) is 19.3. The molecule has 0 spiro atoms. The summed E-state index contributed by atoms with van der Waals surface area (Å²) in [6, 6.07) is 18.9. The summed E-state index contributed by atoms with van der Waals surface area (Å²) in [6.45, 7) is 0. The van der Waals surface area contributed by atoms with Crippen LogP contribution in [0.1, 0.15) is 20.7 Å². The van der Waals surface area contributed by atoms with Gasteiger partial charge in [-0.05, 0) is 30.3 Å². The molecule has 6 rings (SSSR count). The minimum absolute atomic E-state index is 0.179. The predicted octanol–water partition coefficient (Wildman–Crippen LogP) is 4.74. The third-order valence-electron chi connectivity index (χ3n) is 7.56. The van der Waals surface area contributed by atoms with Crippen LogP contribution < -0.4 is 4.90 Å². The quantitative estimate of drug-likeness (QED) is 0.174. The van der Waals surface area contributed by atoms with E-state index in [9.17, 15) is 29.3 Å². The van der Waals surface area contributed by atoms with E-state index < -0.39 is 40.7 Å². The molecule has 3 heterocycles. The van der Waals surface area contributed by atoms with Crippen LogP contribution in [0.4, 0.5) is 11.4 Å². The number of anilines is 1. The minimum atomic E-state index is -1.02. The number of rotatable bonds is 6. The van der Waals surface area contributed by atoms with Crippen molar-refractivity contribution in [2.45, 2.75) is 12.1 Å². The lowest BCUT2D eigenvalue weighted by Gasteiger charge is -2.32. The Kier molecular flexibility index (Phi) is 6.26. The molecule has 40 heavy (non-hydrogen) atoms. The van der Waals surface area contributed by atoms with Gasteiger partial charge in [-0.1, -0.05) is 64.5 Å².